The van der Waals surface area contributed by atoms with E-state index in [2.05, 4.69) is 42.1 Å². The molecule has 0 radical (unpaired) electrons. The Kier molecular flexibility index (Phi) is 5.77. The minimum Gasteiger partial charge on any atom is -0.494 e. The highest BCUT2D eigenvalue weighted by Crippen LogP contribution is 2.40. The Morgan fingerprint density at radius 3 is 2.84 bits per heavy atom. The number of hydrogen-bond donors (Lipinski definition) is 2. The van der Waals surface area contributed by atoms with Crippen molar-refractivity contribution in [3.8, 4) is 5.75 Å². The minimum absolute atomic E-state index is 0.229. The Labute approximate surface area is 188 Å². The lowest BCUT2D eigenvalue weighted by Crippen LogP contribution is -2.32. The Morgan fingerprint density at radius 1 is 1.26 bits per heavy atom. The molecule has 2 N–H and O–H groups in total. The summed E-state index contributed by atoms with van der Waals surface area (Å²) >= 11 is 3.54. The monoisotopic (exact) mass is 482 g/mol. The fraction of sp³-hybridized carbons (Fsp3) is 0.273. The second kappa shape index (κ2) is 8.50. The summed E-state index contributed by atoms with van der Waals surface area (Å²) in [5.74, 6) is 0.907. The summed E-state index contributed by atoms with van der Waals surface area (Å²) in [6, 6.07) is 11.0. The van der Waals surface area contributed by atoms with Crippen molar-refractivity contribution in [2.24, 2.45) is 0 Å². The van der Waals surface area contributed by atoms with Crippen LogP contribution in [0.5, 0.6) is 5.75 Å². The number of fused-ring (bicyclic) bond motifs is 1. The number of rotatable bonds is 5. The lowest BCUT2D eigenvalue weighted by Gasteiger charge is -2.29. The Balaban J connectivity index is 1.83. The zero-order chi connectivity index (χ0) is 22.1. The second-order valence-electron chi connectivity index (χ2n) is 7.33. The predicted molar refractivity (Wildman–Crippen MR) is 122 cm³/mol. The predicted octanol–water partition coefficient (Wildman–Crippen LogP) is 4.38. The van der Waals surface area contributed by atoms with Crippen LogP contribution in [0.15, 0.2) is 52.1 Å². The van der Waals surface area contributed by atoms with Crippen LogP contribution >= 0.6 is 15.9 Å². The molecular weight excluding hydrogens is 460 g/mol. The molecule has 9 heteroatoms. The summed E-state index contributed by atoms with van der Waals surface area (Å²) in [5, 5.41) is 18.2. The molecule has 2 heterocycles. The first-order valence-corrected chi connectivity index (χ1v) is 10.8. The number of nitrogens with one attached hydrogen (secondary N) is 2. The van der Waals surface area contributed by atoms with Crippen molar-refractivity contribution in [2.75, 3.05) is 17.2 Å². The van der Waals surface area contributed by atoms with E-state index in [0.717, 1.165) is 26.9 Å². The van der Waals surface area contributed by atoms with Gasteiger partial charge in [0.15, 0.2) is 0 Å². The summed E-state index contributed by atoms with van der Waals surface area (Å²) < 4.78 is 8.35. The molecule has 160 valence electrons. The number of carbonyl (C=O) groups is 1. The van der Waals surface area contributed by atoms with Crippen LogP contribution in [0.2, 0.25) is 0 Å². The molecule has 8 nitrogen and oxygen atoms in total. The highest BCUT2D eigenvalue weighted by atomic mass is 79.9. The zero-order valence-corrected chi connectivity index (χ0v) is 19.3. The Hall–Kier alpha value is -3.20. The molecule has 1 aliphatic rings. The van der Waals surface area contributed by atoms with Crippen molar-refractivity contribution in [3.05, 3.63) is 68.8 Å². The number of amides is 1. The van der Waals surface area contributed by atoms with Gasteiger partial charge in [0.05, 0.1) is 12.2 Å². The van der Waals surface area contributed by atoms with Gasteiger partial charge < -0.3 is 15.4 Å². The highest BCUT2D eigenvalue weighted by Gasteiger charge is 2.36. The summed E-state index contributed by atoms with van der Waals surface area (Å²) in [6.07, 6.45) is 0. The van der Waals surface area contributed by atoms with E-state index in [1.165, 1.54) is 0 Å². The molecule has 1 aromatic heterocycles. The quantitative estimate of drug-likeness (QED) is 0.560. The molecule has 1 amide bonds. The van der Waals surface area contributed by atoms with Crippen LogP contribution in [0.25, 0.3) is 0 Å². The van der Waals surface area contributed by atoms with Crippen molar-refractivity contribution >= 4 is 33.5 Å². The van der Waals surface area contributed by atoms with E-state index in [1.807, 2.05) is 64.1 Å². The third-order valence-corrected chi connectivity index (χ3v) is 5.87. The number of carbonyl (C=O) groups excluding carboxylic acids is 1. The van der Waals surface area contributed by atoms with Crippen molar-refractivity contribution in [2.45, 2.75) is 33.7 Å². The van der Waals surface area contributed by atoms with Gasteiger partial charge in [0, 0.05) is 21.4 Å². The molecule has 0 spiro atoms. The molecule has 0 aliphatic carbocycles. The van der Waals surface area contributed by atoms with E-state index in [0.29, 0.717) is 29.6 Å². The number of anilines is 2. The first-order valence-electron chi connectivity index (χ1n) is 9.96. The minimum atomic E-state index is -0.560. The molecule has 0 saturated carbocycles. The largest absolute Gasteiger partial charge is 0.494 e. The van der Waals surface area contributed by atoms with E-state index in [9.17, 15) is 4.79 Å². The van der Waals surface area contributed by atoms with E-state index in [1.54, 1.807) is 4.68 Å². The second-order valence-corrected chi connectivity index (χ2v) is 8.25. The number of nitrogens with zero attached hydrogens (tertiary/aromatic N) is 4. The molecule has 1 aliphatic heterocycles. The number of benzene rings is 2. The topological polar surface area (TPSA) is 94.0 Å². The van der Waals surface area contributed by atoms with Gasteiger partial charge in [0.2, 0.25) is 5.95 Å². The Bertz CT molecular complexity index is 1190. The van der Waals surface area contributed by atoms with E-state index in [-0.39, 0.29) is 5.91 Å². The van der Waals surface area contributed by atoms with Gasteiger partial charge in [-0.05, 0) is 73.5 Å². The SMILES string of the molecule is CCOc1ccc(Br)cc1C1C(C(=O)Nc2cccc(C)c2C)=C(C)Nc2nnnn21. The maximum Gasteiger partial charge on any atom is 0.255 e. The van der Waals surface area contributed by atoms with Crippen molar-refractivity contribution < 1.29 is 9.53 Å². The molecule has 3 aromatic rings. The average Bonchev–Trinajstić information content (AvgIpc) is 3.20. The number of hydrogen-bond acceptors (Lipinski definition) is 6. The number of ether oxygens (including phenoxy) is 1. The molecule has 4 rings (SSSR count). The van der Waals surface area contributed by atoms with Crippen molar-refractivity contribution in [1.82, 2.24) is 20.2 Å². The number of aryl methyl sites for hydroxylation is 1. The molecule has 0 saturated heterocycles. The molecule has 0 bridgehead atoms. The Morgan fingerprint density at radius 2 is 2.06 bits per heavy atom. The van der Waals surface area contributed by atoms with Crippen LogP contribution in [0.4, 0.5) is 11.6 Å². The third kappa shape index (κ3) is 3.93. The van der Waals surface area contributed by atoms with E-state index in [4.69, 9.17) is 4.74 Å². The fourth-order valence-corrected chi connectivity index (χ4v) is 4.07. The van der Waals surface area contributed by atoms with Gasteiger partial charge in [0.25, 0.3) is 5.91 Å². The fourth-order valence-electron chi connectivity index (χ4n) is 3.69. The van der Waals surface area contributed by atoms with Gasteiger partial charge >= 0.3 is 0 Å². The highest BCUT2D eigenvalue weighted by molar-refractivity contribution is 9.10. The van der Waals surface area contributed by atoms with Crippen LogP contribution in [0.1, 0.15) is 36.6 Å². The molecular formula is C22H23BrN6O2. The molecule has 2 aromatic carbocycles. The van der Waals surface area contributed by atoms with E-state index < -0.39 is 6.04 Å². The van der Waals surface area contributed by atoms with Gasteiger partial charge in [-0.25, -0.2) is 0 Å². The van der Waals surface area contributed by atoms with E-state index >= 15 is 0 Å². The van der Waals surface area contributed by atoms with Crippen LogP contribution in [0, 0.1) is 13.8 Å². The van der Waals surface area contributed by atoms with Crippen molar-refractivity contribution in [1.29, 1.82) is 0 Å². The van der Waals surface area contributed by atoms with Crippen molar-refractivity contribution in [3.63, 3.8) is 0 Å². The smallest absolute Gasteiger partial charge is 0.255 e. The van der Waals surface area contributed by atoms with Crippen LogP contribution in [0.3, 0.4) is 0 Å². The van der Waals surface area contributed by atoms with Gasteiger partial charge in [0.1, 0.15) is 11.8 Å². The lowest BCUT2D eigenvalue weighted by atomic mass is 9.94. The maximum atomic E-state index is 13.6. The third-order valence-electron chi connectivity index (χ3n) is 5.38. The number of tetrazole rings is 1. The van der Waals surface area contributed by atoms with Crippen LogP contribution in [-0.4, -0.2) is 32.7 Å². The first-order chi connectivity index (χ1) is 14.9. The maximum absolute atomic E-state index is 13.6. The van der Waals surface area contributed by atoms with Crippen LogP contribution < -0.4 is 15.4 Å². The normalized spacial score (nSPS) is 15.3. The van der Waals surface area contributed by atoms with Gasteiger partial charge in [-0.1, -0.05) is 33.2 Å². The van der Waals surface area contributed by atoms with Gasteiger partial charge in [-0.15, -0.1) is 0 Å². The summed E-state index contributed by atoms with van der Waals surface area (Å²) in [7, 11) is 0. The number of halogens is 1. The zero-order valence-electron chi connectivity index (χ0n) is 17.7. The van der Waals surface area contributed by atoms with Gasteiger partial charge in [-0.3, -0.25) is 4.79 Å². The summed E-state index contributed by atoms with van der Waals surface area (Å²) in [4.78, 5) is 13.6. The van der Waals surface area contributed by atoms with Gasteiger partial charge in [-0.2, -0.15) is 4.68 Å². The molecule has 1 atom stereocenters. The number of allylic oxidation sites excluding steroid dienone is 1. The standard InChI is InChI=1S/C22H23BrN6O2/c1-5-31-18-10-9-15(23)11-16(18)20-19(14(4)24-22-26-27-28-29(20)22)21(30)25-17-8-6-7-12(2)13(17)3/h6-11,20H,5H2,1-4H3,(H,25,30)(H,24,26,28). The summed E-state index contributed by atoms with van der Waals surface area (Å²) in [5.41, 5.74) is 4.88. The molecule has 0 fully saturated rings. The molecule has 1 unspecified atom stereocenters. The van der Waals surface area contributed by atoms with Crippen LogP contribution in [-0.2, 0) is 4.79 Å². The molecule has 31 heavy (non-hydrogen) atoms. The first kappa shape index (κ1) is 21.0. The number of aromatic nitrogens is 4. The lowest BCUT2D eigenvalue weighted by molar-refractivity contribution is -0.113. The summed E-state index contributed by atoms with van der Waals surface area (Å²) in [6.45, 7) is 8.27. The average molecular weight is 483 g/mol.